The van der Waals surface area contributed by atoms with Crippen molar-refractivity contribution in [1.29, 1.82) is 0 Å². The highest BCUT2D eigenvalue weighted by Crippen LogP contribution is 2.26. The molecule has 1 fully saturated rings. The van der Waals surface area contributed by atoms with Crippen LogP contribution in [0, 0.1) is 6.92 Å². The highest BCUT2D eigenvalue weighted by Gasteiger charge is 2.35. The summed E-state index contributed by atoms with van der Waals surface area (Å²) in [6.07, 6.45) is 1.37. The molecule has 1 N–H and O–H groups in total. The van der Waals surface area contributed by atoms with Crippen LogP contribution >= 0.6 is 23.2 Å². The zero-order chi connectivity index (χ0) is 21.4. The zero-order valence-electron chi connectivity index (χ0n) is 16.8. The van der Waals surface area contributed by atoms with Crippen molar-refractivity contribution in [2.45, 2.75) is 32.4 Å². The molecule has 2 amide bonds. The molecule has 30 heavy (non-hydrogen) atoms. The lowest BCUT2D eigenvalue weighted by Crippen LogP contribution is -2.46. The molecule has 0 spiro atoms. The molecule has 156 valence electrons. The number of halogens is 2. The summed E-state index contributed by atoms with van der Waals surface area (Å²) in [6, 6.07) is 10.3. The summed E-state index contributed by atoms with van der Waals surface area (Å²) in [5, 5.41) is 3.70. The highest BCUT2D eigenvalue weighted by atomic mass is 35.5. The average Bonchev–Trinajstić information content (AvgIpc) is 3.32. The summed E-state index contributed by atoms with van der Waals surface area (Å²) >= 11 is 12.2. The normalized spacial score (nSPS) is 16.3. The molecule has 2 aromatic carbocycles. The summed E-state index contributed by atoms with van der Waals surface area (Å²) in [4.78, 5) is 32.1. The maximum atomic E-state index is 13.0. The minimum Gasteiger partial charge on any atom is -0.347 e. The van der Waals surface area contributed by atoms with E-state index in [-0.39, 0.29) is 11.8 Å². The van der Waals surface area contributed by atoms with E-state index in [1.165, 1.54) is 0 Å². The van der Waals surface area contributed by atoms with Gasteiger partial charge in [0.2, 0.25) is 5.91 Å². The molecule has 0 saturated carbocycles. The molecule has 1 aliphatic heterocycles. The Kier molecular flexibility index (Phi) is 5.71. The summed E-state index contributed by atoms with van der Waals surface area (Å²) < 4.78 is 1.97. The number of likely N-dealkylation sites (tertiary alicyclic amines) is 1. The van der Waals surface area contributed by atoms with Gasteiger partial charge in [-0.05, 0) is 55.7 Å². The van der Waals surface area contributed by atoms with Gasteiger partial charge in [-0.1, -0.05) is 29.3 Å². The van der Waals surface area contributed by atoms with Crippen LogP contribution in [0.25, 0.3) is 11.0 Å². The summed E-state index contributed by atoms with van der Waals surface area (Å²) in [5.74, 6) is 0.290. The fourth-order valence-corrected chi connectivity index (χ4v) is 4.27. The van der Waals surface area contributed by atoms with Gasteiger partial charge in [0.15, 0.2) is 0 Å². The Labute approximate surface area is 184 Å². The number of fused-ring (bicyclic) bond motifs is 1. The van der Waals surface area contributed by atoms with Crippen LogP contribution in [0.15, 0.2) is 36.4 Å². The minimum absolute atomic E-state index is 0.192. The molecule has 4 rings (SSSR count). The van der Waals surface area contributed by atoms with Crippen molar-refractivity contribution in [2.24, 2.45) is 7.05 Å². The van der Waals surface area contributed by atoms with E-state index in [4.69, 9.17) is 23.2 Å². The lowest BCUT2D eigenvalue weighted by Gasteiger charge is -2.24. The number of benzene rings is 2. The van der Waals surface area contributed by atoms with E-state index in [1.807, 2.05) is 36.7 Å². The fourth-order valence-electron chi connectivity index (χ4n) is 3.90. The second kappa shape index (κ2) is 8.28. The molecule has 1 saturated heterocycles. The molecular weight excluding hydrogens is 423 g/mol. The second-order valence-corrected chi connectivity index (χ2v) is 8.42. The fraction of sp³-hybridized carbons (Fsp3) is 0.318. The van der Waals surface area contributed by atoms with Crippen molar-refractivity contribution in [3.63, 3.8) is 0 Å². The zero-order valence-corrected chi connectivity index (χ0v) is 18.3. The van der Waals surface area contributed by atoms with Gasteiger partial charge in [0.1, 0.15) is 11.9 Å². The smallest absolute Gasteiger partial charge is 0.256 e. The quantitative estimate of drug-likeness (QED) is 0.658. The highest BCUT2D eigenvalue weighted by molar-refractivity contribution is 6.35. The Hall–Kier alpha value is -2.57. The van der Waals surface area contributed by atoms with E-state index in [0.717, 1.165) is 28.8 Å². The van der Waals surface area contributed by atoms with Crippen molar-refractivity contribution in [2.75, 3.05) is 6.54 Å². The van der Waals surface area contributed by atoms with Crippen LogP contribution in [0.3, 0.4) is 0 Å². The van der Waals surface area contributed by atoms with Crippen LogP contribution in [0.1, 0.15) is 34.6 Å². The third-order valence-corrected chi connectivity index (χ3v) is 6.09. The molecule has 1 atom stereocenters. The summed E-state index contributed by atoms with van der Waals surface area (Å²) in [6.45, 7) is 2.82. The third-order valence-electron chi connectivity index (χ3n) is 5.52. The first kappa shape index (κ1) is 20.7. The first-order valence-corrected chi connectivity index (χ1v) is 10.6. The molecule has 0 radical (unpaired) electrons. The van der Waals surface area contributed by atoms with E-state index in [1.54, 1.807) is 23.1 Å². The Morgan fingerprint density at radius 2 is 2.00 bits per heavy atom. The molecule has 1 aliphatic rings. The number of carbonyl (C=O) groups is 2. The van der Waals surface area contributed by atoms with E-state index in [0.29, 0.717) is 35.1 Å². The Balaban J connectivity index is 1.48. The number of imidazole rings is 1. The SMILES string of the molecule is Cc1ccc2c(c1)nc(CNC(=O)C1CCCN1C(=O)c1cc(Cl)ccc1Cl)n2C. The average molecular weight is 445 g/mol. The molecule has 6 nitrogen and oxygen atoms in total. The Morgan fingerprint density at radius 1 is 1.20 bits per heavy atom. The van der Waals surface area contributed by atoms with Gasteiger partial charge >= 0.3 is 0 Å². The molecule has 0 bridgehead atoms. The van der Waals surface area contributed by atoms with Crippen LogP contribution in [-0.2, 0) is 18.4 Å². The number of hydrogen-bond donors (Lipinski definition) is 1. The Bertz CT molecular complexity index is 1140. The van der Waals surface area contributed by atoms with Gasteiger partial charge < -0.3 is 14.8 Å². The van der Waals surface area contributed by atoms with Gasteiger partial charge in [0, 0.05) is 18.6 Å². The van der Waals surface area contributed by atoms with E-state index < -0.39 is 6.04 Å². The van der Waals surface area contributed by atoms with Crippen molar-refractivity contribution >= 4 is 46.0 Å². The lowest BCUT2D eigenvalue weighted by atomic mass is 10.1. The van der Waals surface area contributed by atoms with Crippen molar-refractivity contribution < 1.29 is 9.59 Å². The predicted molar refractivity (Wildman–Crippen MR) is 118 cm³/mol. The van der Waals surface area contributed by atoms with Gasteiger partial charge in [0.25, 0.3) is 5.91 Å². The molecular formula is C22H22Cl2N4O2. The number of rotatable bonds is 4. The first-order valence-electron chi connectivity index (χ1n) is 9.81. The summed E-state index contributed by atoms with van der Waals surface area (Å²) in [7, 11) is 1.93. The number of aromatic nitrogens is 2. The largest absolute Gasteiger partial charge is 0.347 e. The van der Waals surface area contributed by atoms with Crippen LogP contribution in [0.2, 0.25) is 10.0 Å². The van der Waals surface area contributed by atoms with E-state index >= 15 is 0 Å². The van der Waals surface area contributed by atoms with Crippen LogP contribution in [0.4, 0.5) is 0 Å². The Morgan fingerprint density at radius 3 is 2.80 bits per heavy atom. The number of nitrogens with zero attached hydrogens (tertiary/aromatic N) is 3. The maximum absolute atomic E-state index is 13.0. The maximum Gasteiger partial charge on any atom is 0.256 e. The number of carbonyl (C=O) groups excluding carboxylic acids is 2. The monoisotopic (exact) mass is 444 g/mol. The standard InChI is InChI=1S/C22H22Cl2N4O2/c1-13-5-8-18-17(10-13)26-20(27(18)2)12-25-21(29)19-4-3-9-28(19)22(30)15-11-14(23)6-7-16(15)24/h5-8,10-11,19H,3-4,9,12H2,1-2H3,(H,25,29). The van der Waals surface area contributed by atoms with Crippen LogP contribution < -0.4 is 5.32 Å². The van der Waals surface area contributed by atoms with Gasteiger partial charge in [-0.3, -0.25) is 9.59 Å². The molecule has 2 heterocycles. The molecule has 0 aliphatic carbocycles. The number of amides is 2. The van der Waals surface area contributed by atoms with E-state index in [9.17, 15) is 9.59 Å². The van der Waals surface area contributed by atoms with Crippen LogP contribution in [0.5, 0.6) is 0 Å². The van der Waals surface area contributed by atoms with Crippen molar-refractivity contribution in [1.82, 2.24) is 19.8 Å². The number of nitrogens with one attached hydrogen (secondary N) is 1. The van der Waals surface area contributed by atoms with Gasteiger partial charge in [0.05, 0.1) is 28.2 Å². The second-order valence-electron chi connectivity index (χ2n) is 7.58. The van der Waals surface area contributed by atoms with Crippen molar-refractivity contribution in [3.05, 3.63) is 63.4 Å². The topological polar surface area (TPSA) is 67.2 Å². The molecule has 3 aromatic rings. The third kappa shape index (κ3) is 3.89. The predicted octanol–water partition coefficient (Wildman–Crippen LogP) is 4.11. The van der Waals surface area contributed by atoms with Crippen LogP contribution in [-0.4, -0.2) is 38.9 Å². The number of hydrogen-bond acceptors (Lipinski definition) is 3. The molecule has 1 unspecified atom stereocenters. The van der Waals surface area contributed by atoms with Gasteiger partial charge in [-0.2, -0.15) is 0 Å². The first-order chi connectivity index (χ1) is 14.3. The van der Waals surface area contributed by atoms with E-state index in [2.05, 4.69) is 10.3 Å². The lowest BCUT2D eigenvalue weighted by molar-refractivity contribution is -0.125. The minimum atomic E-state index is -0.538. The van der Waals surface area contributed by atoms with Gasteiger partial charge in [-0.15, -0.1) is 0 Å². The molecule has 1 aromatic heterocycles. The summed E-state index contributed by atoms with van der Waals surface area (Å²) in [5.41, 5.74) is 3.36. The molecule has 8 heteroatoms. The number of aryl methyl sites for hydroxylation is 2. The van der Waals surface area contributed by atoms with Crippen molar-refractivity contribution in [3.8, 4) is 0 Å². The van der Waals surface area contributed by atoms with Gasteiger partial charge in [-0.25, -0.2) is 4.98 Å².